The fraction of sp³-hybridized carbons (Fsp3) is 0.667. The number of hydrogen-bond donors (Lipinski definition) is 0. The summed E-state index contributed by atoms with van der Waals surface area (Å²) in [4.78, 5) is 0. The van der Waals surface area contributed by atoms with Crippen molar-refractivity contribution in [3.8, 4) is 11.5 Å². The van der Waals surface area contributed by atoms with Crippen LogP contribution in [0.4, 0.5) is 0 Å². The monoisotopic (exact) mass is 310 g/mol. The molecule has 1 aliphatic rings. The third-order valence-electron chi connectivity index (χ3n) is 4.47. The zero-order valence-corrected chi connectivity index (χ0v) is 14.0. The fourth-order valence-corrected chi connectivity index (χ4v) is 3.74. The molecule has 0 saturated heterocycles. The first kappa shape index (κ1) is 16.5. The van der Waals surface area contributed by atoms with Crippen molar-refractivity contribution >= 4 is 11.6 Å². The van der Waals surface area contributed by atoms with Crippen LogP contribution in [-0.4, -0.2) is 19.6 Å². The molecule has 0 heterocycles. The Morgan fingerprint density at radius 3 is 2.33 bits per heavy atom. The van der Waals surface area contributed by atoms with Crippen LogP contribution in [0.15, 0.2) is 18.2 Å². The summed E-state index contributed by atoms with van der Waals surface area (Å²) >= 11 is 6.60. The second kappa shape index (κ2) is 8.53. The van der Waals surface area contributed by atoms with Crippen molar-refractivity contribution in [2.75, 3.05) is 14.2 Å². The number of ether oxygens (including phenoxy) is 2. The Hall–Kier alpha value is -0.890. The Morgan fingerprint density at radius 2 is 1.71 bits per heavy atom. The molecule has 0 amide bonds. The largest absolute Gasteiger partial charge is 0.493 e. The Kier molecular flexibility index (Phi) is 6.69. The number of alkyl halides is 1. The minimum Gasteiger partial charge on any atom is -0.493 e. The van der Waals surface area contributed by atoms with Crippen LogP contribution in [0.25, 0.3) is 0 Å². The number of hydrogen-bond acceptors (Lipinski definition) is 2. The standard InChI is InChI=1S/C18H27ClO2/c1-20-17-10-9-15(13-18(17)21-2)12-16(19)11-14-7-5-3-4-6-8-14/h9-10,13-14,16H,3-8,11-12H2,1-2H3. The number of rotatable bonds is 6. The lowest BCUT2D eigenvalue weighted by Crippen LogP contribution is -2.11. The second-order valence-electron chi connectivity index (χ2n) is 6.08. The molecule has 1 aliphatic carbocycles. The highest BCUT2D eigenvalue weighted by molar-refractivity contribution is 6.20. The van der Waals surface area contributed by atoms with Gasteiger partial charge >= 0.3 is 0 Å². The van der Waals surface area contributed by atoms with E-state index in [4.69, 9.17) is 21.1 Å². The van der Waals surface area contributed by atoms with Gasteiger partial charge in [-0.3, -0.25) is 0 Å². The third-order valence-corrected chi connectivity index (χ3v) is 4.80. The molecule has 1 aromatic rings. The number of benzene rings is 1. The third kappa shape index (κ3) is 5.10. The molecule has 0 radical (unpaired) electrons. The van der Waals surface area contributed by atoms with Gasteiger partial charge in [0.05, 0.1) is 14.2 Å². The zero-order valence-electron chi connectivity index (χ0n) is 13.2. The van der Waals surface area contributed by atoms with Crippen molar-refractivity contribution in [2.45, 2.75) is 56.7 Å². The molecule has 0 aliphatic heterocycles. The van der Waals surface area contributed by atoms with Crippen molar-refractivity contribution in [3.05, 3.63) is 23.8 Å². The van der Waals surface area contributed by atoms with Crippen LogP contribution in [0.3, 0.4) is 0 Å². The molecule has 0 bridgehead atoms. The van der Waals surface area contributed by atoms with Crippen LogP contribution in [0.1, 0.15) is 50.5 Å². The maximum absolute atomic E-state index is 6.60. The lowest BCUT2D eigenvalue weighted by molar-refractivity contribution is 0.354. The molecule has 1 saturated carbocycles. The van der Waals surface area contributed by atoms with E-state index in [-0.39, 0.29) is 5.38 Å². The maximum Gasteiger partial charge on any atom is 0.160 e. The van der Waals surface area contributed by atoms with Crippen LogP contribution >= 0.6 is 11.6 Å². The van der Waals surface area contributed by atoms with Gasteiger partial charge in [-0.25, -0.2) is 0 Å². The summed E-state index contributed by atoms with van der Waals surface area (Å²) in [5, 5.41) is 0.214. The van der Waals surface area contributed by atoms with Gasteiger partial charge in [0.15, 0.2) is 11.5 Å². The second-order valence-corrected chi connectivity index (χ2v) is 6.70. The van der Waals surface area contributed by atoms with Gasteiger partial charge in [-0.15, -0.1) is 11.6 Å². The molecule has 118 valence electrons. The van der Waals surface area contributed by atoms with Gasteiger partial charge in [0.25, 0.3) is 0 Å². The normalized spacial score (nSPS) is 18.0. The Balaban J connectivity index is 1.90. The van der Waals surface area contributed by atoms with Gasteiger partial charge in [0, 0.05) is 5.38 Å². The molecule has 0 aromatic heterocycles. The van der Waals surface area contributed by atoms with E-state index in [9.17, 15) is 0 Å². The molecule has 1 atom stereocenters. The van der Waals surface area contributed by atoms with Gasteiger partial charge in [-0.1, -0.05) is 44.6 Å². The van der Waals surface area contributed by atoms with Crippen molar-refractivity contribution in [2.24, 2.45) is 5.92 Å². The summed E-state index contributed by atoms with van der Waals surface area (Å²) in [7, 11) is 3.33. The molecule has 1 fully saturated rings. The smallest absolute Gasteiger partial charge is 0.160 e. The first-order chi connectivity index (χ1) is 10.2. The summed E-state index contributed by atoms with van der Waals surface area (Å²) < 4.78 is 10.6. The van der Waals surface area contributed by atoms with E-state index in [0.29, 0.717) is 0 Å². The van der Waals surface area contributed by atoms with Gasteiger partial charge in [0.1, 0.15) is 0 Å². The molecule has 3 heteroatoms. The molecule has 2 rings (SSSR count). The van der Waals surface area contributed by atoms with E-state index >= 15 is 0 Å². The van der Waals surface area contributed by atoms with Crippen molar-refractivity contribution in [1.29, 1.82) is 0 Å². The lowest BCUT2D eigenvalue weighted by atomic mass is 9.93. The molecule has 2 nitrogen and oxygen atoms in total. The highest BCUT2D eigenvalue weighted by Gasteiger charge is 2.17. The SMILES string of the molecule is COc1ccc(CC(Cl)CC2CCCCCC2)cc1OC. The average Bonchev–Trinajstić information content (AvgIpc) is 2.75. The molecular formula is C18H27ClO2. The van der Waals surface area contributed by atoms with E-state index < -0.39 is 0 Å². The highest BCUT2D eigenvalue weighted by atomic mass is 35.5. The topological polar surface area (TPSA) is 18.5 Å². The molecule has 0 N–H and O–H groups in total. The predicted molar refractivity (Wildman–Crippen MR) is 88.7 cm³/mol. The van der Waals surface area contributed by atoms with Gasteiger partial charge in [-0.05, 0) is 36.5 Å². The Morgan fingerprint density at radius 1 is 1.05 bits per heavy atom. The molecule has 1 unspecified atom stereocenters. The van der Waals surface area contributed by atoms with Crippen LogP contribution in [0.5, 0.6) is 11.5 Å². The minimum atomic E-state index is 0.214. The summed E-state index contributed by atoms with van der Waals surface area (Å²) in [6.45, 7) is 0. The number of methoxy groups -OCH3 is 2. The minimum absolute atomic E-state index is 0.214. The Labute approximate surface area is 133 Å². The first-order valence-electron chi connectivity index (χ1n) is 8.08. The van der Waals surface area contributed by atoms with Crippen molar-refractivity contribution < 1.29 is 9.47 Å². The molecule has 21 heavy (non-hydrogen) atoms. The van der Waals surface area contributed by atoms with E-state index in [2.05, 4.69) is 6.07 Å². The molecule has 0 spiro atoms. The molecular weight excluding hydrogens is 284 g/mol. The summed E-state index contributed by atoms with van der Waals surface area (Å²) in [6.07, 6.45) is 10.3. The van der Waals surface area contributed by atoms with E-state index in [1.807, 2.05) is 12.1 Å². The number of halogens is 1. The van der Waals surface area contributed by atoms with E-state index in [1.54, 1.807) is 14.2 Å². The van der Waals surface area contributed by atoms with Gasteiger partial charge in [-0.2, -0.15) is 0 Å². The average molecular weight is 311 g/mol. The summed E-state index contributed by atoms with van der Waals surface area (Å²) in [5.74, 6) is 2.37. The van der Waals surface area contributed by atoms with E-state index in [1.165, 1.54) is 44.1 Å². The van der Waals surface area contributed by atoms with Crippen LogP contribution in [0, 0.1) is 5.92 Å². The van der Waals surface area contributed by atoms with Crippen LogP contribution in [-0.2, 0) is 6.42 Å². The lowest BCUT2D eigenvalue weighted by Gasteiger charge is -2.18. The first-order valence-corrected chi connectivity index (χ1v) is 8.51. The van der Waals surface area contributed by atoms with E-state index in [0.717, 1.165) is 30.3 Å². The van der Waals surface area contributed by atoms with Crippen LogP contribution in [0.2, 0.25) is 0 Å². The van der Waals surface area contributed by atoms with Crippen LogP contribution < -0.4 is 9.47 Å². The Bertz CT molecular complexity index is 425. The quantitative estimate of drug-likeness (QED) is 0.530. The zero-order chi connectivity index (χ0) is 15.1. The maximum atomic E-state index is 6.60. The molecule has 1 aromatic carbocycles. The van der Waals surface area contributed by atoms with Crippen molar-refractivity contribution in [3.63, 3.8) is 0 Å². The van der Waals surface area contributed by atoms with Gasteiger partial charge < -0.3 is 9.47 Å². The highest BCUT2D eigenvalue weighted by Crippen LogP contribution is 2.31. The van der Waals surface area contributed by atoms with Gasteiger partial charge in [0.2, 0.25) is 0 Å². The summed E-state index contributed by atoms with van der Waals surface area (Å²) in [6, 6.07) is 6.09. The van der Waals surface area contributed by atoms with Crippen molar-refractivity contribution in [1.82, 2.24) is 0 Å². The predicted octanol–water partition coefficient (Wildman–Crippen LogP) is 5.21. The summed E-state index contributed by atoms with van der Waals surface area (Å²) in [5.41, 5.74) is 1.22. The fourth-order valence-electron chi connectivity index (χ4n) is 3.31.